The molecule has 3 nitrogen and oxygen atoms in total. The predicted octanol–water partition coefficient (Wildman–Crippen LogP) is 2.59. The van der Waals surface area contributed by atoms with Crippen LogP contribution in [0.25, 0.3) is 0 Å². The number of amides is 1. The molecule has 0 spiro atoms. The molecule has 1 saturated heterocycles. The lowest BCUT2D eigenvalue weighted by atomic mass is 9.81. The summed E-state index contributed by atoms with van der Waals surface area (Å²) >= 11 is 0. The fourth-order valence-corrected chi connectivity index (χ4v) is 4.40. The van der Waals surface area contributed by atoms with Crippen LogP contribution in [0, 0.1) is 11.3 Å². The Morgan fingerprint density at radius 1 is 1.33 bits per heavy atom. The second-order valence-corrected chi connectivity index (χ2v) is 6.52. The SMILES string of the molecule is COCCC1(C(=O)N2C[C@H]3CC[C@H]2C3)CCCC1. The minimum absolute atomic E-state index is 0.0690. The number of carbonyl (C=O) groups excluding carboxylic acids is 1. The van der Waals surface area contributed by atoms with Crippen LogP contribution in [-0.2, 0) is 9.53 Å². The first-order valence-corrected chi connectivity index (χ1v) is 7.55. The number of hydrogen-bond donors (Lipinski definition) is 0. The molecule has 3 heteroatoms. The maximum atomic E-state index is 12.9. The molecule has 2 aliphatic carbocycles. The summed E-state index contributed by atoms with van der Waals surface area (Å²) in [4.78, 5) is 15.2. The van der Waals surface area contributed by atoms with Crippen LogP contribution in [0.4, 0.5) is 0 Å². The van der Waals surface area contributed by atoms with Crippen LogP contribution >= 0.6 is 0 Å². The highest BCUT2D eigenvalue weighted by Crippen LogP contribution is 2.46. The zero-order valence-corrected chi connectivity index (χ0v) is 11.5. The van der Waals surface area contributed by atoms with Crippen molar-refractivity contribution < 1.29 is 9.53 Å². The van der Waals surface area contributed by atoms with Gasteiger partial charge in [-0.1, -0.05) is 12.8 Å². The Hall–Kier alpha value is -0.570. The highest BCUT2D eigenvalue weighted by atomic mass is 16.5. The summed E-state index contributed by atoms with van der Waals surface area (Å²) in [7, 11) is 1.74. The van der Waals surface area contributed by atoms with Crippen molar-refractivity contribution in [3.63, 3.8) is 0 Å². The standard InChI is InChI=1S/C15H25NO2/c1-18-9-8-15(6-2-3-7-15)14(17)16-11-12-4-5-13(16)10-12/h12-13H,2-11H2,1H3/t12-,13-/m0/s1. The topological polar surface area (TPSA) is 29.5 Å². The first-order valence-electron chi connectivity index (χ1n) is 7.55. The number of rotatable bonds is 4. The molecule has 0 aromatic carbocycles. The van der Waals surface area contributed by atoms with E-state index in [1.165, 1.54) is 32.1 Å². The predicted molar refractivity (Wildman–Crippen MR) is 70.2 cm³/mol. The Kier molecular flexibility index (Phi) is 3.35. The minimum Gasteiger partial charge on any atom is -0.385 e. The van der Waals surface area contributed by atoms with Crippen LogP contribution in [0.1, 0.15) is 51.4 Å². The lowest BCUT2D eigenvalue weighted by Crippen LogP contribution is -2.46. The summed E-state index contributed by atoms with van der Waals surface area (Å²) in [5.41, 5.74) is -0.0690. The fraction of sp³-hybridized carbons (Fsp3) is 0.933. The molecule has 2 atom stereocenters. The summed E-state index contributed by atoms with van der Waals surface area (Å²) in [6.45, 7) is 1.77. The van der Waals surface area contributed by atoms with Gasteiger partial charge in [-0.05, 0) is 44.4 Å². The zero-order valence-electron chi connectivity index (χ0n) is 11.5. The van der Waals surface area contributed by atoms with Gasteiger partial charge in [0.15, 0.2) is 0 Å². The molecular weight excluding hydrogens is 226 g/mol. The summed E-state index contributed by atoms with van der Waals surface area (Å²) < 4.78 is 5.23. The van der Waals surface area contributed by atoms with Crippen molar-refractivity contribution in [3.05, 3.63) is 0 Å². The number of piperidine rings is 1. The van der Waals surface area contributed by atoms with Crippen LogP contribution in [0.15, 0.2) is 0 Å². The van der Waals surface area contributed by atoms with Gasteiger partial charge in [-0.2, -0.15) is 0 Å². The monoisotopic (exact) mass is 251 g/mol. The molecule has 0 aromatic rings. The molecule has 0 radical (unpaired) electrons. The van der Waals surface area contributed by atoms with E-state index >= 15 is 0 Å². The maximum Gasteiger partial charge on any atom is 0.229 e. The van der Waals surface area contributed by atoms with Gasteiger partial charge in [-0.15, -0.1) is 0 Å². The molecule has 1 amide bonds. The number of nitrogens with zero attached hydrogens (tertiary/aromatic N) is 1. The van der Waals surface area contributed by atoms with E-state index in [1.807, 2.05) is 0 Å². The summed E-state index contributed by atoms with van der Waals surface area (Å²) in [6.07, 6.45) is 9.40. The van der Waals surface area contributed by atoms with Crippen LogP contribution < -0.4 is 0 Å². The quantitative estimate of drug-likeness (QED) is 0.768. The van der Waals surface area contributed by atoms with E-state index in [1.54, 1.807) is 7.11 Å². The molecule has 0 aromatic heterocycles. The van der Waals surface area contributed by atoms with Gasteiger partial charge < -0.3 is 9.64 Å². The van der Waals surface area contributed by atoms with E-state index in [0.717, 1.165) is 38.3 Å². The zero-order chi connectivity index (χ0) is 12.6. The molecule has 0 N–H and O–H groups in total. The van der Waals surface area contributed by atoms with E-state index in [-0.39, 0.29) is 5.41 Å². The van der Waals surface area contributed by atoms with Gasteiger partial charge in [0, 0.05) is 26.3 Å². The number of methoxy groups -OCH3 is 1. The fourth-order valence-electron chi connectivity index (χ4n) is 4.40. The van der Waals surface area contributed by atoms with E-state index < -0.39 is 0 Å². The number of likely N-dealkylation sites (tertiary alicyclic amines) is 1. The van der Waals surface area contributed by atoms with Gasteiger partial charge in [0.25, 0.3) is 0 Å². The molecule has 102 valence electrons. The summed E-state index contributed by atoms with van der Waals surface area (Å²) in [5.74, 6) is 1.27. The highest BCUT2D eigenvalue weighted by Gasteiger charge is 2.48. The molecule has 2 saturated carbocycles. The Morgan fingerprint density at radius 3 is 2.67 bits per heavy atom. The van der Waals surface area contributed by atoms with E-state index in [4.69, 9.17) is 4.74 Å². The molecule has 3 rings (SSSR count). The normalized spacial score (nSPS) is 33.3. The molecule has 3 fully saturated rings. The first-order chi connectivity index (χ1) is 8.75. The van der Waals surface area contributed by atoms with Crippen molar-refractivity contribution in [2.24, 2.45) is 11.3 Å². The Balaban J connectivity index is 1.72. The number of hydrogen-bond acceptors (Lipinski definition) is 2. The third-order valence-electron chi connectivity index (χ3n) is 5.47. The van der Waals surface area contributed by atoms with Gasteiger partial charge in [-0.3, -0.25) is 4.79 Å². The Morgan fingerprint density at radius 2 is 2.11 bits per heavy atom. The highest BCUT2D eigenvalue weighted by molar-refractivity contribution is 5.83. The largest absolute Gasteiger partial charge is 0.385 e. The van der Waals surface area contributed by atoms with E-state index in [0.29, 0.717) is 11.9 Å². The van der Waals surface area contributed by atoms with E-state index in [2.05, 4.69) is 4.90 Å². The van der Waals surface area contributed by atoms with Crippen molar-refractivity contribution in [2.45, 2.75) is 57.4 Å². The maximum absolute atomic E-state index is 12.9. The molecule has 18 heavy (non-hydrogen) atoms. The van der Waals surface area contributed by atoms with Crippen LogP contribution in [0.2, 0.25) is 0 Å². The Bertz CT molecular complexity index is 322. The van der Waals surface area contributed by atoms with Crippen molar-refractivity contribution in [3.8, 4) is 0 Å². The van der Waals surface area contributed by atoms with Crippen molar-refractivity contribution in [1.29, 1.82) is 0 Å². The smallest absolute Gasteiger partial charge is 0.229 e. The molecule has 0 unspecified atom stereocenters. The molecule has 2 bridgehead atoms. The van der Waals surface area contributed by atoms with Gasteiger partial charge >= 0.3 is 0 Å². The molecule has 1 aliphatic heterocycles. The van der Waals surface area contributed by atoms with Gasteiger partial charge in [-0.25, -0.2) is 0 Å². The van der Waals surface area contributed by atoms with Crippen LogP contribution in [0.3, 0.4) is 0 Å². The number of carbonyl (C=O) groups is 1. The minimum atomic E-state index is -0.0690. The van der Waals surface area contributed by atoms with Gasteiger partial charge in [0.05, 0.1) is 5.41 Å². The third-order valence-corrected chi connectivity index (χ3v) is 5.47. The van der Waals surface area contributed by atoms with Crippen LogP contribution in [0.5, 0.6) is 0 Å². The summed E-state index contributed by atoms with van der Waals surface area (Å²) in [6, 6.07) is 0.572. The third kappa shape index (κ3) is 1.97. The molecule has 1 heterocycles. The lowest BCUT2D eigenvalue weighted by molar-refractivity contribution is -0.144. The average molecular weight is 251 g/mol. The van der Waals surface area contributed by atoms with Crippen molar-refractivity contribution in [1.82, 2.24) is 4.90 Å². The van der Waals surface area contributed by atoms with Gasteiger partial charge in [0.2, 0.25) is 5.91 Å². The number of ether oxygens (including phenoxy) is 1. The lowest BCUT2D eigenvalue weighted by Gasteiger charge is -2.36. The van der Waals surface area contributed by atoms with Crippen LogP contribution in [-0.4, -0.2) is 37.1 Å². The number of fused-ring (bicyclic) bond motifs is 2. The average Bonchev–Trinajstić information content (AvgIpc) is 3.11. The summed E-state index contributed by atoms with van der Waals surface area (Å²) in [5, 5.41) is 0. The van der Waals surface area contributed by atoms with Crippen molar-refractivity contribution in [2.75, 3.05) is 20.3 Å². The van der Waals surface area contributed by atoms with Gasteiger partial charge in [0.1, 0.15) is 0 Å². The molecule has 3 aliphatic rings. The van der Waals surface area contributed by atoms with Crippen molar-refractivity contribution >= 4 is 5.91 Å². The first kappa shape index (κ1) is 12.5. The second-order valence-electron chi connectivity index (χ2n) is 6.52. The van der Waals surface area contributed by atoms with E-state index in [9.17, 15) is 4.79 Å². The Labute approximate surface area is 110 Å². The second kappa shape index (κ2) is 4.84. The molecular formula is C15H25NO2.